The minimum Gasteiger partial charge on any atom is -0.543 e. The van der Waals surface area contributed by atoms with Crippen LogP contribution in [0.4, 0.5) is 0 Å². The number of aromatic carboxylic acids is 4. The number of carbonyl (C=O) groups excluding carboxylic acids is 2. The quantitative estimate of drug-likeness (QED) is 0.549. The van der Waals surface area contributed by atoms with E-state index < -0.39 is 46.7 Å². The molecule has 1 rings (SSSR count). The van der Waals surface area contributed by atoms with Crippen molar-refractivity contribution in [3.63, 3.8) is 0 Å². The second-order valence-corrected chi connectivity index (χ2v) is 2.80. The Balaban J connectivity index is 3.71. The summed E-state index contributed by atoms with van der Waals surface area (Å²) in [6.07, 6.45) is 0. The third-order valence-electron chi connectivity index (χ3n) is 1.69. The fraction of sp³-hybridized carbons (Fsp3) is 0. The first-order valence-corrected chi connectivity index (χ1v) is 4.07. The average molecular weight is 254 g/mol. The monoisotopic (exact) mass is 254 g/mol. The SMILES string of the molecule is O=C([O-])c1nc(C(=O)[O-])c(C(=O)O)nc1C(=O)O. The summed E-state index contributed by atoms with van der Waals surface area (Å²) >= 11 is 0. The van der Waals surface area contributed by atoms with Crippen LogP contribution in [0.15, 0.2) is 0 Å². The Labute approximate surface area is 97.2 Å². The largest absolute Gasteiger partial charge is 0.543 e. The zero-order chi connectivity index (χ0) is 14.0. The molecule has 0 aromatic carbocycles. The summed E-state index contributed by atoms with van der Waals surface area (Å²) in [5, 5.41) is 38.3. The van der Waals surface area contributed by atoms with Crippen LogP contribution < -0.4 is 10.2 Å². The summed E-state index contributed by atoms with van der Waals surface area (Å²) in [6.45, 7) is 0. The maximum atomic E-state index is 10.6. The molecule has 0 bridgehead atoms. The van der Waals surface area contributed by atoms with Gasteiger partial charge in [0, 0.05) is 0 Å². The molecule has 0 spiro atoms. The molecule has 10 heteroatoms. The minimum atomic E-state index is -2.11. The summed E-state index contributed by atoms with van der Waals surface area (Å²) in [4.78, 5) is 48.1. The summed E-state index contributed by atoms with van der Waals surface area (Å²) in [5.74, 6) is -8.01. The molecular formula is C8H2N2O8-2. The first kappa shape index (κ1) is 13.0. The summed E-state index contributed by atoms with van der Waals surface area (Å²) in [6, 6.07) is 0. The molecule has 0 aliphatic heterocycles. The number of nitrogens with zero attached hydrogens (tertiary/aromatic N) is 2. The number of rotatable bonds is 4. The van der Waals surface area contributed by atoms with Crippen molar-refractivity contribution in [1.82, 2.24) is 9.97 Å². The highest BCUT2D eigenvalue weighted by Crippen LogP contribution is 2.09. The lowest BCUT2D eigenvalue weighted by Crippen LogP contribution is -2.33. The lowest BCUT2D eigenvalue weighted by molar-refractivity contribution is -0.256. The van der Waals surface area contributed by atoms with Crippen LogP contribution in [0, 0.1) is 0 Å². The molecule has 1 aromatic rings. The van der Waals surface area contributed by atoms with E-state index in [-0.39, 0.29) is 0 Å². The first-order valence-electron chi connectivity index (χ1n) is 4.07. The molecule has 1 aromatic heterocycles. The molecule has 0 saturated heterocycles. The maximum absolute atomic E-state index is 10.6. The first-order chi connectivity index (χ1) is 8.25. The number of hydrogen-bond donors (Lipinski definition) is 2. The van der Waals surface area contributed by atoms with Gasteiger partial charge in [-0.3, -0.25) is 0 Å². The van der Waals surface area contributed by atoms with E-state index in [9.17, 15) is 29.4 Å². The molecule has 0 fully saturated rings. The summed E-state index contributed by atoms with van der Waals surface area (Å²) < 4.78 is 0. The summed E-state index contributed by atoms with van der Waals surface area (Å²) in [5.41, 5.74) is -5.08. The fourth-order valence-electron chi connectivity index (χ4n) is 1.02. The smallest absolute Gasteiger partial charge is 0.356 e. The molecule has 18 heavy (non-hydrogen) atoms. The zero-order valence-corrected chi connectivity index (χ0v) is 8.24. The van der Waals surface area contributed by atoms with Crippen molar-refractivity contribution in [2.45, 2.75) is 0 Å². The van der Waals surface area contributed by atoms with Gasteiger partial charge in [-0.2, -0.15) is 0 Å². The van der Waals surface area contributed by atoms with Crippen molar-refractivity contribution in [2.75, 3.05) is 0 Å². The molecule has 0 saturated carbocycles. The van der Waals surface area contributed by atoms with Crippen molar-refractivity contribution < 1.29 is 39.6 Å². The molecular weight excluding hydrogens is 252 g/mol. The van der Waals surface area contributed by atoms with Crippen molar-refractivity contribution in [3.05, 3.63) is 22.8 Å². The maximum Gasteiger partial charge on any atom is 0.356 e. The lowest BCUT2D eigenvalue weighted by Gasteiger charge is -2.11. The van der Waals surface area contributed by atoms with Gasteiger partial charge < -0.3 is 30.0 Å². The Kier molecular flexibility index (Phi) is 3.22. The Morgan fingerprint density at radius 3 is 1.22 bits per heavy atom. The molecule has 1 heterocycles. The topological polar surface area (TPSA) is 181 Å². The number of carboxylic acid groups (broad SMARTS) is 4. The molecule has 0 aliphatic carbocycles. The minimum absolute atomic E-state index is 1.24. The molecule has 0 aliphatic rings. The van der Waals surface area contributed by atoms with Gasteiger partial charge in [-0.15, -0.1) is 0 Å². The molecule has 2 N–H and O–H groups in total. The standard InChI is InChI=1S/C8H4N2O8/c11-5(12)1-2(6(13)14)10-4(8(17)18)3(9-1)7(15)16/h(H,11,12)(H,13,14)(H,15,16)(H,17,18)/p-2. The van der Waals surface area contributed by atoms with Gasteiger partial charge in [0.2, 0.25) is 0 Å². The van der Waals surface area contributed by atoms with Crippen LogP contribution in [0.25, 0.3) is 0 Å². The highest BCUT2D eigenvalue weighted by atomic mass is 16.4. The Morgan fingerprint density at radius 1 is 0.722 bits per heavy atom. The van der Waals surface area contributed by atoms with E-state index in [0.29, 0.717) is 0 Å². The number of hydrogen-bond acceptors (Lipinski definition) is 8. The molecule has 10 nitrogen and oxygen atoms in total. The van der Waals surface area contributed by atoms with Crippen LogP contribution in [0.5, 0.6) is 0 Å². The molecule has 0 amide bonds. The van der Waals surface area contributed by atoms with E-state index >= 15 is 0 Å². The van der Waals surface area contributed by atoms with Crippen LogP contribution >= 0.6 is 0 Å². The van der Waals surface area contributed by atoms with Gasteiger partial charge in [0.05, 0.1) is 11.9 Å². The fourth-order valence-corrected chi connectivity index (χ4v) is 1.02. The van der Waals surface area contributed by atoms with E-state index in [4.69, 9.17) is 10.2 Å². The van der Waals surface area contributed by atoms with Gasteiger partial charge in [0.15, 0.2) is 11.4 Å². The Morgan fingerprint density at radius 2 is 1.00 bits per heavy atom. The van der Waals surface area contributed by atoms with E-state index in [0.717, 1.165) is 0 Å². The second kappa shape index (κ2) is 4.45. The van der Waals surface area contributed by atoms with Gasteiger partial charge in [0.1, 0.15) is 11.4 Å². The van der Waals surface area contributed by atoms with Crippen molar-refractivity contribution in [1.29, 1.82) is 0 Å². The highest BCUT2D eigenvalue weighted by molar-refractivity contribution is 6.03. The lowest BCUT2D eigenvalue weighted by atomic mass is 10.2. The van der Waals surface area contributed by atoms with E-state index in [2.05, 4.69) is 9.97 Å². The van der Waals surface area contributed by atoms with Gasteiger partial charge in [0.25, 0.3) is 0 Å². The number of carboxylic acids is 4. The van der Waals surface area contributed by atoms with Crippen LogP contribution in [-0.2, 0) is 0 Å². The third kappa shape index (κ3) is 2.21. The second-order valence-electron chi connectivity index (χ2n) is 2.80. The third-order valence-corrected chi connectivity index (χ3v) is 1.69. The highest BCUT2D eigenvalue weighted by Gasteiger charge is 2.23. The van der Waals surface area contributed by atoms with Crippen LogP contribution in [0.3, 0.4) is 0 Å². The van der Waals surface area contributed by atoms with Crippen LogP contribution in [0.2, 0.25) is 0 Å². The van der Waals surface area contributed by atoms with E-state index in [1.807, 2.05) is 0 Å². The van der Waals surface area contributed by atoms with Crippen LogP contribution in [-0.4, -0.2) is 44.1 Å². The van der Waals surface area contributed by atoms with Crippen molar-refractivity contribution in [3.8, 4) is 0 Å². The van der Waals surface area contributed by atoms with Crippen LogP contribution in [0.1, 0.15) is 42.0 Å². The zero-order valence-electron chi connectivity index (χ0n) is 8.24. The predicted molar refractivity (Wildman–Crippen MR) is 44.6 cm³/mol. The van der Waals surface area contributed by atoms with Gasteiger partial charge >= 0.3 is 11.9 Å². The Bertz CT molecular complexity index is 480. The van der Waals surface area contributed by atoms with Crippen molar-refractivity contribution >= 4 is 23.9 Å². The van der Waals surface area contributed by atoms with E-state index in [1.54, 1.807) is 0 Å². The molecule has 94 valence electrons. The van der Waals surface area contributed by atoms with Crippen molar-refractivity contribution in [2.24, 2.45) is 0 Å². The van der Waals surface area contributed by atoms with Gasteiger partial charge in [-0.25, -0.2) is 19.6 Å². The predicted octanol–water partition coefficient (Wildman–Crippen LogP) is -3.40. The molecule has 0 unspecified atom stereocenters. The number of carbonyl (C=O) groups is 4. The van der Waals surface area contributed by atoms with E-state index in [1.165, 1.54) is 0 Å². The molecule has 0 atom stereocenters. The van der Waals surface area contributed by atoms with Gasteiger partial charge in [-0.05, 0) is 0 Å². The average Bonchev–Trinajstić information content (AvgIpc) is 2.26. The number of aromatic nitrogens is 2. The molecule has 0 radical (unpaired) electrons. The van der Waals surface area contributed by atoms with Gasteiger partial charge in [-0.1, -0.05) is 0 Å². The summed E-state index contributed by atoms with van der Waals surface area (Å²) in [7, 11) is 0. The normalized spacial score (nSPS) is 9.78. The Hall–Kier alpha value is -3.04.